The number of fused-ring (bicyclic) bond motifs is 6. The number of alkyl halides is 9. The number of hydrogen-bond acceptors (Lipinski definition) is 21. The van der Waals surface area contributed by atoms with E-state index in [1.807, 2.05) is 109 Å². The van der Waals surface area contributed by atoms with Crippen LogP contribution in [0.15, 0.2) is 182 Å². The first-order valence-corrected chi connectivity index (χ1v) is 45.4. The molecule has 0 aromatic heterocycles. The molecule has 0 amide bonds. The van der Waals surface area contributed by atoms with Crippen LogP contribution in [0.5, 0.6) is 34.5 Å². The van der Waals surface area contributed by atoms with Crippen LogP contribution in [0.2, 0.25) is 0 Å². The minimum atomic E-state index is -6.09. The molecule has 127 heavy (non-hydrogen) atoms. The van der Waals surface area contributed by atoms with Gasteiger partial charge in [-0.05, 0) is 180 Å². The molecule has 0 aliphatic carbocycles. The summed E-state index contributed by atoms with van der Waals surface area (Å²) in [5.41, 5.74) is -7.32. The number of phenols is 6. The Labute approximate surface area is 764 Å². The van der Waals surface area contributed by atoms with E-state index >= 15 is 0 Å². The number of nitrogens with zero attached hydrogens (tertiary/aromatic N) is 6. The number of benzene rings is 12. The summed E-state index contributed by atoms with van der Waals surface area (Å²) in [6.07, 6.45) is 0. The van der Waals surface area contributed by atoms with Gasteiger partial charge in [0.05, 0.1) is 0 Å². The Balaban J connectivity index is 0.000000258. The molecule has 21 nitrogen and oxygen atoms in total. The van der Waals surface area contributed by atoms with Gasteiger partial charge in [0.1, 0.15) is 34.5 Å². The predicted molar refractivity (Wildman–Crippen MR) is 478 cm³/mol. The topological polar surface area (TPSA) is 312 Å². The summed E-state index contributed by atoms with van der Waals surface area (Å²) >= 11 is 0. The van der Waals surface area contributed by atoms with E-state index in [9.17, 15) is 70.2 Å². The van der Waals surface area contributed by atoms with E-state index in [-0.39, 0.29) is 70.1 Å². The van der Waals surface area contributed by atoms with Crippen LogP contribution in [0.3, 0.4) is 0 Å². The second kappa shape index (κ2) is 47.0. The van der Waals surface area contributed by atoms with Crippen LogP contribution in [0.4, 0.5) is 39.5 Å². The van der Waals surface area contributed by atoms with E-state index in [0.717, 1.165) is 210 Å². The third kappa shape index (κ3) is 26.9. The van der Waals surface area contributed by atoms with E-state index in [1.165, 1.54) is 0 Å². The molecule has 12 rings (SSSR count). The molecule has 0 saturated carbocycles. The third-order valence-corrected chi connectivity index (χ3v) is 23.6. The van der Waals surface area contributed by atoms with Gasteiger partial charge in [-0.25, -0.2) is 25.3 Å². The third-order valence-electron chi connectivity index (χ3n) is 21.9. The Hall–Kier alpha value is -8.95. The van der Waals surface area contributed by atoms with Gasteiger partial charge in [0.25, 0.3) is 0 Å². The largest absolute Gasteiger partial charge is 3.00 e. The van der Waals surface area contributed by atoms with Crippen molar-refractivity contribution in [1.82, 2.24) is 29.4 Å². The van der Waals surface area contributed by atoms with Gasteiger partial charge < -0.3 is 44.3 Å². The van der Waals surface area contributed by atoms with Gasteiger partial charge in [-0.1, -0.05) is 229 Å². The van der Waals surface area contributed by atoms with Gasteiger partial charge in [0, 0.05) is 106 Å². The fourth-order valence-corrected chi connectivity index (χ4v) is 14.7. The molecule has 0 heterocycles. The Morgan fingerprint density at radius 3 is 0.433 bits per heavy atom. The SMILES string of the molecule is CCN(CC)Cc1cc2ccccc2c(-c2c(O)c(CN(CC)CC)cc3ccccc23)c1O.CCN(CC)Cc1cc2ccccc2c(-c2c(O)c(CN(CC)CC)cc3ccccc23)c1O.CCN(CC)Cc1cc2ccccc2c(-c2c(O)c(CN(CC)CC)cc3ccccc23)c1O.O=S(=O)([O-])C(F)(F)F.O=S(=O)([O-])C(F)(F)F.O=S(=O)([O-])C(F)(F)F.[La+3]. The smallest absolute Gasteiger partial charge is 0.741 e. The maximum atomic E-state index is 11.7. The van der Waals surface area contributed by atoms with Gasteiger partial charge in [-0.2, -0.15) is 39.5 Å². The minimum absolute atomic E-state index is 0. The first-order chi connectivity index (χ1) is 59.3. The van der Waals surface area contributed by atoms with Gasteiger partial charge in [0.15, 0.2) is 30.4 Å². The number of phenolic OH excluding ortho intramolecular Hbond substituents is 6. The van der Waals surface area contributed by atoms with Crippen molar-refractivity contribution in [2.45, 2.75) is 139 Å². The second-order valence-electron chi connectivity index (χ2n) is 29.4. The minimum Gasteiger partial charge on any atom is -0.741 e. The van der Waals surface area contributed by atoms with Crippen molar-refractivity contribution in [1.29, 1.82) is 0 Å². The van der Waals surface area contributed by atoms with Crippen molar-refractivity contribution in [2.24, 2.45) is 0 Å². The summed E-state index contributed by atoms with van der Waals surface area (Å²) in [6, 6.07) is 61.4. The van der Waals surface area contributed by atoms with E-state index in [1.54, 1.807) is 0 Å². The Kier molecular flexibility index (Phi) is 39.6. The van der Waals surface area contributed by atoms with E-state index < -0.39 is 46.9 Å². The quantitative estimate of drug-likeness (QED) is 0.0158. The molecular formula is C93H108F9LaN6O15S3. The van der Waals surface area contributed by atoms with Crippen LogP contribution in [0, 0.1) is 35.6 Å². The molecule has 0 radical (unpaired) electrons. The first-order valence-electron chi connectivity index (χ1n) is 41.1. The molecule has 0 unspecified atom stereocenters. The summed E-state index contributed by atoms with van der Waals surface area (Å²) in [5.74, 6) is 1.53. The maximum absolute atomic E-state index is 11.7. The molecule has 684 valence electrons. The van der Waals surface area contributed by atoms with Crippen LogP contribution >= 0.6 is 0 Å². The van der Waals surface area contributed by atoms with Crippen LogP contribution < -0.4 is 0 Å². The number of halogens is 9. The second-order valence-corrected chi connectivity index (χ2v) is 33.5. The zero-order chi connectivity index (χ0) is 93.7. The van der Waals surface area contributed by atoms with E-state index in [2.05, 4.69) is 185 Å². The molecule has 34 heteroatoms. The average Bonchev–Trinajstić information content (AvgIpc) is 0.750. The molecule has 0 aliphatic rings. The summed E-state index contributed by atoms with van der Waals surface area (Å²) in [5, 5.41) is 82.2. The normalized spacial score (nSPS) is 12.1. The molecular weight excluding hydrogens is 1850 g/mol. The van der Waals surface area contributed by atoms with E-state index in [4.69, 9.17) is 38.9 Å². The van der Waals surface area contributed by atoms with Crippen molar-refractivity contribution >= 4 is 95.0 Å². The predicted octanol–water partition coefficient (Wildman–Crippen LogP) is 20.4. The molecule has 0 bridgehead atoms. The Morgan fingerprint density at radius 2 is 0.339 bits per heavy atom. The number of hydrogen-bond donors (Lipinski definition) is 6. The van der Waals surface area contributed by atoms with Crippen molar-refractivity contribution in [3.8, 4) is 67.9 Å². The number of rotatable bonds is 27. The van der Waals surface area contributed by atoms with Crippen molar-refractivity contribution < 1.29 is 145 Å². The molecule has 0 atom stereocenters. The average molecular weight is 1960 g/mol. The molecule has 0 aliphatic heterocycles. The zero-order valence-corrected chi connectivity index (χ0v) is 78.9. The van der Waals surface area contributed by atoms with Crippen molar-refractivity contribution in [3.63, 3.8) is 0 Å². The molecule has 12 aromatic rings. The standard InChI is InChI=1S/3C30H36N2O2.3CHF3O3S.La/c3*1-5-31(6-2)19-23-17-21-13-9-11-15-25(21)27(29(23)33)28-26-16-12-10-14-22(26)18-24(30(28)34)20-32(7-3)8-4;3*2-1(3,4)8(5,6)7;/h3*9-18,33-34H,5-8,19-20H2,1-4H3;3*(H,5,6,7);/q;;;;;;+3/p-3. The van der Waals surface area contributed by atoms with Gasteiger partial charge in [0.2, 0.25) is 0 Å². The van der Waals surface area contributed by atoms with Gasteiger partial charge in [-0.3, -0.25) is 29.4 Å². The molecule has 12 aromatic carbocycles. The molecule has 0 saturated heterocycles. The van der Waals surface area contributed by atoms with Crippen LogP contribution in [0.25, 0.3) is 98.0 Å². The fourth-order valence-electron chi connectivity index (χ4n) is 14.7. The van der Waals surface area contributed by atoms with Gasteiger partial charge in [-0.15, -0.1) is 0 Å². The fraction of sp³-hybridized carbons (Fsp3) is 0.355. The van der Waals surface area contributed by atoms with Crippen LogP contribution in [-0.4, -0.2) is 194 Å². The van der Waals surface area contributed by atoms with Crippen molar-refractivity contribution in [2.75, 3.05) is 78.5 Å². The van der Waals surface area contributed by atoms with Crippen LogP contribution in [-0.2, 0) is 69.6 Å². The van der Waals surface area contributed by atoms with E-state index in [0.29, 0.717) is 39.3 Å². The summed E-state index contributed by atoms with van der Waals surface area (Å²) in [4.78, 5) is 13.8. The summed E-state index contributed by atoms with van der Waals surface area (Å²) < 4.78 is 177. The zero-order valence-electron chi connectivity index (χ0n) is 72.8. The van der Waals surface area contributed by atoms with Crippen molar-refractivity contribution in [3.05, 3.63) is 215 Å². The molecule has 0 spiro atoms. The Morgan fingerprint density at radius 1 is 0.236 bits per heavy atom. The Bertz CT molecular complexity index is 5190. The van der Waals surface area contributed by atoms with Gasteiger partial charge >= 0.3 is 52.1 Å². The molecule has 6 N–H and O–H groups in total. The summed E-state index contributed by atoms with van der Waals surface area (Å²) in [6.45, 7) is 40.5. The maximum Gasteiger partial charge on any atom is 3.00 e. The molecule has 0 fully saturated rings. The summed E-state index contributed by atoms with van der Waals surface area (Å²) in [7, 11) is -18.3. The monoisotopic (exact) mass is 1950 g/mol. The number of aromatic hydroxyl groups is 6. The van der Waals surface area contributed by atoms with Crippen LogP contribution in [0.1, 0.15) is 116 Å². The first kappa shape index (κ1) is 107.